The van der Waals surface area contributed by atoms with Crippen molar-refractivity contribution >= 4 is 17.5 Å². The number of methoxy groups -OCH3 is 1. The van der Waals surface area contributed by atoms with Crippen LogP contribution in [0.25, 0.3) is 0 Å². The van der Waals surface area contributed by atoms with Crippen LogP contribution in [0.15, 0.2) is 17.4 Å². The van der Waals surface area contributed by atoms with Gasteiger partial charge in [-0.05, 0) is 24.5 Å². The highest BCUT2D eigenvalue weighted by atomic mass is 16.5. The number of carbonyl (C=O) groups excluding carboxylic acids is 2. The summed E-state index contributed by atoms with van der Waals surface area (Å²) in [7, 11) is 1.24. The number of benzene rings is 1. The Bertz CT molecular complexity index is 739. The third-order valence-corrected chi connectivity index (χ3v) is 3.72. The van der Waals surface area contributed by atoms with Crippen LogP contribution in [0, 0.1) is 0 Å². The molecule has 2 rings (SSSR count). The number of fused-ring (bicyclic) bond motifs is 1. The number of hydrogen-bond acceptors (Lipinski definition) is 5. The number of phenols is 1. The molecule has 0 radical (unpaired) electrons. The van der Waals surface area contributed by atoms with E-state index in [1.165, 1.54) is 20.1 Å². The molecule has 0 aliphatic heterocycles. The zero-order valence-electron chi connectivity index (χ0n) is 12.7. The maximum Gasteiger partial charge on any atom is 0.340 e. The van der Waals surface area contributed by atoms with Gasteiger partial charge in [-0.15, -0.1) is 0 Å². The number of carboxylic acids is 1. The molecule has 1 aliphatic rings. The standard InChI is InChI=1S/C16H16O6/c1-6(2)8-5-9(17)11(16(20)21)12-10(8)13(18)7(3)15(22-4)14(12)19/h5-6,17H,1-4H3,(H,20,21). The summed E-state index contributed by atoms with van der Waals surface area (Å²) >= 11 is 0. The Kier molecular flexibility index (Phi) is 3.79. The van der Waals surface area contributed by atoms with Crippen molar-refractivity contribution in [1.29, 1.82) is 0 Å². The average Bonchev–Trinajstić information content (AvgIpc) is 2.43. The Labute approximate surface area is 127 Å². The van der Waals surface area contributed by atoms with Gasteiger partial charge >= 0.3 is 5.97 Å². The summed E-state index contributed by atoms with van der Waals surface area (Å²) in [4.78, 5) is 36.5. The fourth-order valence-corrected chi connectivity index (χ4v) is 2.65. The van der Waals surface area contributed by atoms with Crippen LogP contribution in [0.1, 0.15) is 63.3 Å². The molecule has 0 fully saturated rings. The Balaban J connectivity index is 2.97. The van der Waals surface area contributed by atoms with E-state index in [9.17, 15) is 24.6 Å². The second-order valence-corrected chi connectivity index (χ2v) is 5.39. The van der Waals surface area contributed by atoms with Crippen LogP contribution in [-0.2, 0) is 4.74 Å². The molecule has 22 heavy (non-hydrogen) atoms. The molecule has 0 aromatic heterocycles. The highest BCUT2D eigenvalue weighted by molar-refractivity contribution is 6.29. The lowest BCUT2D eigenvalue weighted by atomic mass is 9.80. The van der Waals surface area contributed by atoms with Gasteiger partial charge in [0.25, 0.3) is 0 Å². The topological polar surface area (TPSA) is 101 Å². The predicted octanol–water partition coefficient (Wildman–Crippen LogP) is 2.51. The zero-order chi connectivity index (χ0) is 16.8. The van der Waals surface area contributed by atoms with E-state index in [0.717, 1.165) is 0 Å². The summed E-state index contributed by atoms with van der Waals surface area (Å²) in [5.74, 6) is -3.54. The molecule has 0 spiro atoms. The van der Waals surface area contributed by atoms with Crippen LogP contribution in [0.2, 0.25) is 0 Å². The van der Waals surface area contributed by atoms with Gasteiger partial charge in [0.05, 0.1) is 12.7 Å². The number of allylic oxidation sites excluding steroid dienone is 2. The minimum Gasteiger partial charge on any atom is -0.507 e. The van der Waals surface area contributed by atoms with Crippen molar-refractivity contribution in [2.75, 3.05) is 7.11 Å². The van der Waals surface area contributed by atoms with E-state index in [2.05, 4.69) is 0 Å². The van der Waals surface area contributed by atoms with Crippen molar-refractivity contribution in [3.63, 3.8) is 0 Å². The highest BCUT2D eigenvalue weighted by Gasteiger charge is 2.38. The van der Waals surface area contributed by atoms with Crippen LogP contribution >= 0.6 is 0 Å². The molecule has 0 bridgehead atoms. The first kappa shape index (κ1) is 15.8. The van der Waals surface area contributed by atoms with Crippen LogP contribution in [0.5, 0.6) is 5.75 Å². The van der Waals surface area contributed by atoms with E-state index >= 15 is 0 Å². The van der Waals surface area contributed by atoms with Crippen molar-refractivity contribution in [3.8, 4) is 5.75 Å². The second-order valence-electron chi connectivity index (χ2n) is 5.39. The van der Waals surface area contributed by atoms with E-state index in [1.807, 2.05) is 0 Å². The Morgan fingerprint density at radius 3 is 2.23 bits per heavy atom. The zero-order valence-corrected chi connectivity index (χ0v) is 12.7. The fourth-order valence-electron chi connectivity index (χ4n) is 2.65. The molecule has 1 aromatic rings. The molecular weight excluding hydrogens is 288 g/mol. The van der Waals surface area contributed by atoms with Gasteiger partial charge < -0.3 is 14.9 Å². The molecule has 0 heterocycles. The molecule has 1 aliphatic carbocycles. The van der Waals surface area contributed by atoms with E-state index in [1.54, 1.807) is 13.8 Å². The third-order valence-electron chi connectivity index (χ3n) is 3.72. The first-order valence-electron chi connectivity index (χ1n) is 6.69. The number of rotatable bonds is 3. The summed E-state index contributed by atoms with van der Waals surface area (Å²) in [5, 5.41) is 19.3. The summed E-state index contributed by atoms with van der Waals surface area (Å²) < 4.78 is 4.95. The summed E-state index contributed by atoms with van der Waals surface area (Å²) in [6.07, 6.45) is 0. The van der Waals surface area contributed by atoms with Crippen molar-refractivity contribution in [3.05, 3.63) is 39.7 Å². The van der Waals surface area contributed by atoms with Gasteiger partial charge in [-0.25, -0.2) is 4.79 Å². The SMILES string of the molecule is COC1=C(C)C(=O)c2c(C(C)C)cc(O)c(C(=O)O)c2C1=O. The minimum atomic E-state index is -1.47. The normalized spacial score (nSPS) is 14.4. The molecule has 0 unspecified atom stereocenters. The number of Topliss-reactive ketones (excluding diaryl/α,β-unsaturated/α-hetero) is 2. The smallest absolute Gasteiger partial charge is 0.340 e. The Morgan fingerprint density at radius 2 is 1.77 bits per heavy atom. The number of aromatic hydroxyl groups is 1. The lowest BCUT2D eigenvalue weighted by Crippen LogP contribution is -2.26. The minimum absolute atomic E-state index is 0.0356. The van der Waals surface area contributed by atoms with E-state index in [-0.39, 0.29) is 28.4 Å². The Morgan fingerprint density at radius 1 is 1.18 bits per heavy atom. The molecule has 0 atom stereocenters. The fraction of sp³-hybridized carbons (Fsp3) is 0.312. The van der Waals surface area contributed by atoms with Crippen LogP contribution < -0.4 is 0 Å². The predicted molar refractivity (Wildman–Crippen MR) is 77.5 cm³/mol. The number of aromatic carboxylic acids is 1. The van der Waals surface area contributed by atoms with Gasteiger partial charge in [0.1, 0.15) is 11.3 Å². The third kappa shape index (κ3) is 2.07. The van der Waals surface area contributed by atoms with Gasteiger partial charge in [0.2, 0.25) is 5.78 Å². The molecule has 0 saturated heterocycles. The second kappa shape index (κ2) is 5.29. The lowest BCUT2D eigenvalue weighted by Gasteiger charge is -2.24. The van der Waals surface area contributed by atoms with Crippen molar-refractivity contribution in [2.24, 2.45) is 0 Å². The molecular formula is C16H16O6. The highest BCUT2D eigenvalue weighted by Crippen LogP contribution is 2.38. The quantitative estimate of drug-likeness (QED) is 0.889. The van der Waals surface area contributed by atoms with Gasteiger partial charge in [0, 0.05) is 11.1 Å². The van der Waals surface area contributed by atoms with Crippen molar-refractivity contribution < 1.29 is 29.3 Å². The maximum absolute atomic E-state index is 12.6. The molecule has 6 heteroatoms. The molecule has 6 nitrogen and oxygen atoms in total. The first-order chi connectivity index (χ1) is 10.2. The van der Waals surface area contributed by atoms with Gasteiger partial charge in [-0.1, -0.05) is 13.8 Å². The van der Waals surface area contributed by atoms with Gasteiger partial charge in [-0.2, -0.15) is 0 Å². The number of hydrogen-bond donors (Lipinski definition) is 2. The molecule has 0 amide bonds. The van der Waals surface area contributed by atoms with Crippen molar-refractivity contribution in [2.45, 2.75) is 26.7 Å². The summed E-state index contributed by atoms with van der Waals surface area (Å²) in [6, 6.07) is 1.24. The average molecular weight is 304 g/mol. The number of ether oxygens (including phenoxy) is 1. The van der Waals surface area contributed by atoms with Gasteiger partial charge in [-0.3, -0.25) is 9.59 Å². The van der Waals surface area contributed by atoms with Crippen LogP contribution in [0.3, 0.4) is 0 Å². The Hall–Kier alpha value is -2.63. The molecule has 1 aromatic carbocycles. The first-order valence-corrected chi connectivity index (χ1v) is 6.69. The summed E-state index contributed by atoms with van der Waals surface area (Å²) in [5.41, 5.74) is -0.272. The number of carboxylic acid groups (broad SMARTS) is 1. The lowest BCUT2D eigenvalue weighted by molar-refractivity contribution is 0.0687. The number of ketones is 2. The number of carbonyl (C=O) groups is 3. The molecule has 0 saturated carbocycles. The van der Waals surface area contributed by atoms with E-state index < -0.39 is 28.8 Å². The van der Waals surface area contributed by atoms with E-state index in [4.69, 9.17) is 4.74 Å². The summed E-state index contributed by atoms with van der Waals surface area (Å²) in [6.45, 7) is 5.04. The van der Waals surface area contributed by atoms with Crippen LogP contribution in [-0.4, -0.2) is 34.9 Å². The maximum atomic E-state index is 12.6. The van der Waals surface area contributed by atoms with Crippen molar-refractivity contribution in [1.82, 2.24) is 0 Å². The van der Waals surface area contributed by atoms with Gasteiger partial charge in [0.15, 0.2) is 11.5 Å². The molecule has 116 valence electrons. The van der Waals surface area contributed by atoms with E-state index in [0.29, 0.717) is 5.56 Å². The molecule has 2 N–H and O–H groups in total. The van der Waals surface area contributed by atoms with Crippen LogP contribution in [0.4, 0.5) is 0 Å². The monoisotopic (exact) mass is 304 g/mol. The largest absolute Gasteiger partial charge is 0.507 e.